The van der Waals surface area contributed by atoms with Gasteiger partial charge in [-0.1, -0.05) is 33.6 Å². The lowest BCUT2D eigenvalue weighted by molar-refractivity contribution is -0.113. The van der Waals surface area contributed by atoms with E-state index in [0.29, 0.717) is 11.3 Å². The van der Waals surface area contributed by atoms with Crippen molar-refractivity contribution in [2.24, 2.45) is 0 Å². The van der Waals surface area contributed by atoms with Crippen molar-refractivity contribution in [2.75, 3.05) is 16.4 Å². The van der Waals surface area contributed by atoms with Crippen LogP contribution in [-0.4, -0.2) is 17.6 Å². The van der Waals surface area contributed by atoms with Gasteiger partial charge in [-0.25, -0.2) is 0 Å². The van der Waals surface area contributed by atoms with E-state index < -0.39 is 0 Å². The number of amides is 2. The van der Waals surface area contributed by atoms with Crippen LogP contribution in [0.3, 0.4) is 0 Å². The molecular weight excluding hydrogens is 436 g/mol. The van der Waals surface area contributed by atoms with Crippen LogP contribution in [0.25, 0.3) is 0 Å². The molecule has 0 unspecified atom stereocenters. The third-order valence-electron chi connectivity index (χ3n) is 3.89. The van der Waals surface area contributed by atoms with Gasteiger partial charge in [0.15, 0.2) is 0 Å². The van der Waals surface area contributed by atoms with E-state index in [-0.39, 0.29) is 11.8 Å². The van der Waals surface area contributed by atoms with E-state index in [4.69, 9.17) is 0 Å². The van der Waals surface area contributed by atoms with Gasteiger partial charge in [0.05, 0.1) is 5.75 Å². The zero-order chi connectivity index (χ0) is 19.9. The molecule has 0 heterocycles. The van der Waals surface area contributed by atoms with Gasteiger partial charge in [-0.2, -0.15) is 0 Å². The van der Waals surface area contributed by atoms with E-state index in [1.807, 2.05) is 73.7 Å². The third kappa shape index (κ3) is 5.97. The Kier molecular flexibility index (Phi) is 6.90. The summed E-state index contributed by atoms with van der Waals surface area (Å²) in [5.41, 5.74) is 3.15. The second-order valence-corrected chi connectivity index (χ2v) is 8.16. The summed E-state index contributed by atoms with van der Waals surface area (Å²) in [5, 5.41) is 5.75. The molecule has 0 aliphatic heterocycles. The highest BCUT2D eigenvalue weighted by Gasteiger charge is 2.07. The lowest BCUT2D eigenvalue weighted by Gasteiger charge is -2.08. The molecule has 0 radical (unpaired) electrons. The van der Waals surface area contributed by atoms with Crippen LogP contribution in [0.1, 0.15) is 15.9 Å². The van der Waals surface area contributed by atoms with Crippen LogP contribution in [-0.2, 0) is 4.79 Å². The van der Waals surface area contributed by atoms with Crippen molar-refractivity contribution in [1.29, 1.82) is 0 Å². The van der Waals surface area contributed by atoms with Crippen LogP contribution in [0.2, 0.25) is 0 Å². The lowest BCUT2D eigenvalue weighted by atomic mass is 10.1. The Morgan fingerprint density at radius 2 is 1.54 bits per heavy atom. The summed E-state index contributed by atoms with van der Waals surface area (Å²) in [6.45, 7) is 1.95. The normalized spacial score (nSPS) is 10.4. The summed E-state index contributed by atoms with van der Waals surface area (Å²) in [5.74, 6) is 0.104. The average molecular weight is 455 g/mol. The molecule has 4 nitrogen and oxygen atoms in total. The quantitative estimate of drug-likeness (QED) is 0.466. The van der Waals surface area contributed by atoms with Crippen LogP contribution in [0, 0.1) is 6.92 Å². The van der Waals surface area contributed by atoms with Gasteiger partial charge in [0.1, 0.15) is 0 Å². The molecule has 0 saturated carbocycles. The maximum atomic E-state index is 12.3. The predicted molar refractivity (Wildman–Crippen MR) is 119 cm³/mol. The van der Waals surface area contributed by atoms with Crippen molar-refractivity contribution in [1.82, 2.24) is 0 Å². The molecule has 3 rings (SSSR count). The molecule has 3 aromatic carbocycles. The molecule has 6 heteroatoms. The highest BCUT2D eigenvalue weighted by Crippen LogP contribution is 2.21. The zero-order valence-electron chi connectivity index (χ0n) is 15.2. The Morgan fingerprint density at radius 3 is 2.21 bits per heavy atom. The molecule has 0 spiro atoms. The standard InChI is InChI=1S/C22H19BrN2O2S/c1-15-3-2-4-16(13-15)22(27)25-19-9-11-20(12-10-19)28-14-21(26)24-18-7-5-17(23)6-8-18/h2-13H,14H2,1H3,(H,24,26)(H,25,27). The number of carbonyl (C=O) groups excluding carboxylic acids is 2. The molecule has 0 saturated heterocycles. The van der Waals surface area contributed by atoms with Gasteiger partial charge in [0.2, 0.25) is 5.91 Å². The summed E-state index contributed by atoms with van der Waals surface area (Å²) < 4.78 is 0.967. The average Bonchev–Trinajstić information content (AvgIpc) is 2.69. The fourth-order valence-corrected chi connectivity index (χ4v) is 3.47. The summed E-state index contributed by atoms with van der Waals surface area (Å²) in [7, 11) is 0. The van der Waals surface area contributed by atoms with Crippen LogP contribution in [0.15, 0.2) is 82.2 Å². The predicted octanol–water partition coefficient (Wildman–Crippen LogP) is 5.74. The van der Waals surface area contributed by atoms with Crippen molar-refractivity contribution < 1.29 is 9.59 Å². The smallest absolute Gasteiger partial charge is 0.255 e. The van der Waals surface area contributed by atoms with Crippen molar-refractivity contribution in [2.45, 2.75) is 11.8 Å². The number of nitrogens with one attached hydrogen (secondary N) is 2. The fraction of sp³-hybridized carbons (Fsp3) is 0.0909. The Balaban J connectivity index is 1.50. The number of thioether (sulfide) groups is 1. The maximum absolute atomic E-state index is 12.3. The molecule has 2 N–H and O–H groups in total. The number of carbonyl (C=O) groups is 2. The minimum Gasteiger partial charge on any atom is -0.325 e. The summed E-state index contributed by atoms with van der Waals surface area (Å²) in [6, 6.07) is 22.4. The van der Waals surface area contributed by atoms with E-state index in [9.17, 15) is 9.59 Å². The van der Waals surface area contributed by atoms with Crippen LogP contribution < -0.4 is 10.6 Å². The van der Waals surface area contributed by atoms with Crippen molar-refractivity contribution >= 4 is 50.9 Å². The molecule has 3 aromatic rings. The number of halogens is 1. The summed E-state index contributed by atoms with van der Waals surface area (Å²) in [4.78, 5) is 25.3. The SMILES string of the molecule is Cc1cccc(C(=O)Nc2ccc(SCC(=O)Nc3ccc(Br)cc3)cc2)c1. The maximum Gasteiger partial charge on any atom is 0.255 e. The first-order valence-corrected chi connectivity index (χ1v) is 10.4. The molecule has 0 aliphatic rings. The van der Waals surface area contributed by atoms with Gasteiger partial charge in [-0.15, -0.1) is 11.8 Å². The van der Waals surface area contributed by atoms with Gasteiger partial charge in [-0.05, 0) is 67.6 Å². The van der Waals surface area contributed by atoms with Gasteiger partial charge in [-0.3, -0.25) is 9.59 Å². The van der Waals surface area contributed by atoms with E-state index in [1.54, 1.807) is 6.07 Å². The minimum atomic E-state index is -0.141. The highest BCUT2D eigenvalue weighted by molar-refractivity contribution is 9.10. The first-order valence-electron chi connectivity index (χ1n) is 8.66. The van der Waals surface area contributed by atoms with Crippen molar-refractivity contribution in [3.05, 3.63) is 88.4 Å². The number of rotatable bonds is 6. The summed E-state index contributed by atoms with van der Waals surface area (Å²) >= 11 is 4.81. The first kappa shape index (κ1) is 20.2. The molecule has 2 amide bonds. The number of anilines is 2. The number of aryl methyl sites for hydroxylation is 1. The molecule has 0 atom stereocenters. The molecule has 142 valence electrons. The third-order valence-corrected chi connectivity index (χ3v) is 5.43. The Morgan fingerprint density at radius 1 is 0.893 bits per heavy atom. The molecule has 28 heavy (non-hydrogen) atoms. The Bertz CT molecular complexity index is 973. The number of hydrogen-bond acceptors (Lipinski definition) is 3. The van der Waals surface area contributed by atoms with Crippen LogP contribution in [0.4, 0.5) is 11.4 Å². The Labute approximate surface area is 176 Å². The van der Waals surface area contributed by atoms with E-state index in [1.165, 1.54) is 11.8 Å². The van der Waals surface area contributed by atoms with Gasteiger partial charge in [0, 0.05) is 26.3 Å². The van der Waals surface area contributed by atoms with Gasteiger partial charge >= 0.3 is 0 Å². The first-order chi connectivity index (χ1) is 13.5. The van der Waals surface area contributed by atoms with Crippen LogP contribution in [0.5, 0.6) is 0 Å². The largest absolute Gasteiger partial charge is 0.325 e. The Hall–Kier alpha value is -2.57. The molecule has 0 fully saturated rings. The summed E-state index contributed by atoms with van der Waals surface area (Å²) in [6.07, 6.45) is 0. The molecule has 0 aliphatic carbocycles. The van der Waals surface area contributed by atoms with E-state index in [0.717, 1.165) is 26.3 Å². The number of hydrogen-bond donors (Lipinski definition) is 2. The van der Waals surface area contributed by atoms with Crippen molar-refractivity contribution in [3.63, 3.8) is 0 Å². The fourth-order valence-electron chi connectivity index (χ4n) is 2.50. The monoisotopic (exact) mass is 454 g/mol. The van der Waals surface area contributed by atoms with Crippen molar-refractivity contribution in [3.8, 4) is 0 Å². The molecule has 0 bridgehead atoms. The molecule has 0 aromatic heterocycles. The minimum absolute atomic E-state index is 0.0656. The topological polar surface area (TPSA) is 58.2 Å². The second-order valence-electron chi connectivity index (χ2n) is 6.19. The van der Waals surface area contributed by atoms with E-state index >= 15 is 0 Å². The van der Waals surface area contributed by atoms with Gasteiger partial charge in [0.25, 0.3) is 5.91 Å². The van der Waals surface area contributed by atoms with Crippen LogP contribution >= 0.6 is 27.7 Å². The second kappa shape index (κ2) is 9.57. The highest BCUT2D eigenvalue weighted by atomic mass is 79.9. The van der Waals surface area contributed by atoms with E-state index in [2.05, 4.69) is 26.6 Å². The molecular formula is C22H19BrN2O2S. The van der Waals surface area contributed by atoms with Gasteiger partial charge < -0.3 is 10.6 Å². The zero-order valence-corrected chi connectivity index (χ0v) is 17.6. The number of benzene rings is 3. The lowest BCUT2D eigenvalue weighted by Crippen LogP contribution is -2.13.